The lowest BCUT2D eigenvalue weighted by atomic mass is 10.1. The van der Waals surface area contributed by atoms with Crippen molar-refractivity contribution in [1.82, 2.24) is 9.97 Å². The van der Waals surface area contributed by atoms with Gasteiger partial charge in [0.2, 0.25) is 5.95 Å². The summed E-state index contributed by atoms with van der Waals surface area (Å²) < 4.78 is 39.6. The molecular weight excluding hydrogens is 329 g/mol. The molecule has 1 heterocycles. The molecule has 4 nitrogen and oxygen atoms in total. The second-order valence-corrected chi connectivity index (χ2v) is 7.23. The molecule has 136 valence electrons. The van der Waals surface area contributed by atoms with E-state index in [2.05, 4.69) is 20.6 Å². The van der Waals surface area contributed by atoms with Crippen LogP contribution in [0.4, 0.5) is 30.6 Å². The van der Waals surface area contributed by atoms with Crippen molar-refractivity contribution in [2.24, 2.45) is 0 Å². The van der Waals surface area contributed by atoms with E-state index in [4.69, 9.17) is 0 Å². The summed E-state index contributed by atoms with van der Waals surface area (Å²) in [6, 6.07) is 4.86. The van der Waals surface area contributed by atoms with Gasteiger partial charge in [0.25, 0.3) is 0 Å². The fraction of sp³-hybridized carbons (Fsp3) is 0.444. The van der Waals surface area contributed by atoms with Crippen LogP contribution in [0.2, 0.25) is 0 Å². The van der Waals surface area contributed by atoms with Gasteiger partial charge < -0.3 is 10.6 Å². The number of hydrogen-bond donors (Lipinski definition) is 2. The number of alkyl halides is 3. The van der Waals surface area contributed by atoms with Crippen molar-refractivity contribution in [3.63, 3.8) is 0 Å². The van der Waals surface area contributed by atoms with E-state index in [0.29, 0.717) is 0 Å². The summed E-state index contributed by atoms with van der Waals surface area (Å²) in [4.78, 5) is 7.80. The molecule has 0 fully saturated rings. The smallest absolute Gasteiger partial charge is 0.350 e. The van der Waals surface area contributed by atoms with Crippen molar-refractivity contribution >= 4 is 17.5 Å². The van der Waals surface area contributed by atoms with Crippen LogP contribution in [0.15, 0.2) is 18.2 Å². The summed E-state index contributed by atoms with van der Waals surface area (Å²) in [5.74, 6) is 0.0383. The molecule has 0 unspecified atom stereocenters. The van der Waals surface area contributed by atoms with Crippen LogP contribution >= 0.6 is 0 Å². The third-order valence-corrected chi connectivity index (χ3v) is 3.43. The highest BCUT2D eigenvalue weighted by molar-refractivity contribution is 5.66. The summed E-state index contributed by atoms with van der Waals surface area (Å²) in [5.41, 5.74) is 2.27. The average Bonchev–Trinajstić information content (AvgIpc) is 2.39. The zero-order valence-corrected chi connectivity index (χ0v) is 15.3. The maximum atomic E-state index is 13.2. The van der Waals surface area contributed by atoms with Gasteiger partial charge in [-0.1, -0.05) is 17.7 Å². The Bertz CT molecular complexity index is 754. The van der Waals surface area contributed by atoms with Crippen molar-refractivity contribution in [2.45, 2.75) is 53.3 Å². The van der Waals surface area contributed by atoms with Crippen LogP contribution in [0.25, 0.3) is 0 Å². The Morgan fingerprint density at radius 3 is 1.92 bits per heavy atom. The second kappa shape index (κ2) is 6.54. The Hall–Kier alpha value is -2.31. The molecular formula is C18H23F3N4. The third kappa shape index (κ3) is 5.08. The quantitative estimate of drug-likeness (QED) is 0.779. The van der Waals surface area contributed by atoms with Gasteiger partial charge in [0.15, 0.2) is 5.69 Å². The first-order valence-electron chi connectivity index (χ1n) is 7.94. The lowest BCUT2D eigenvalue weighted by molar-refractivity contribution is -0.141. The number of anilines is 3. The zero-order valence-electron chi connectivity index (χ0n) is 15.3. The topological polar surface area (TPSA) is 49.8 Å². The van der Waals surface area contributed by atoms with Crippen LogP contribution in [0.5, 0.6) is 0 Å². The lowest BCUT2D eigenvalue weighted by Gasteiger charge is -2.22. The summed E-state index contributed by atoms with van der Waals surface area (Å²) >= 11 is 0. The fourth-order valence-corrected chi connectivity index (χ4v) is 2.55. The molecule has 0 atom stereocenters. The molecule has 2 rings (SSSR count). The summed E-state index contributed by atoms with van der Waals surface area (Å²) in [7, 11) is 0. The van der Waals surface area contributed by atoms with Crippen LogP contribution < -0.4 is 10.6 Å². The van der Waals surface area contributed by atoms with Gasteiger partial charge in [0.1, 0.15) is 5.82 Å². The van der Waals surface area contributed by atoms with Crippen molar-refractivity contribution in [2.75, 3.05) is 10.6 Å². The molecule has 0 saturated carbocycles. The van der Waals surface area contributed by atoms with Gasteiger partial charge >= 0.3 is 6.18 Å². The summed E-state index contributed by atoms with van der Waals surface area (Å²) in [6.45, 7) is 11.3. The summed E-state index contributed by atoms with van der Waals surface area (Å²) in [5, 5.41) is 5.91. The van der Waals surface area contributed by atoms with Crippen LogP contribution in [0, 0.1) is 20.8 Å². The predicted molar refractivity (Wildman–Crippen MR) is 94.3 cm³/mol. The first-order chi connectivity index (χ1) is 11.3. The van der Waals surface area contributed by atoms with E-state index in [1.54, 1.807) is 0 Å². The Kier molecular flexibility index (Phi) is 4.97. The average molecular weight is 352 g/mol. The number of aryl methyl sites for hydroxylation is 3. The molecule has 2 aromatic rings. The minimum atomic E-state index is -4.55. The van der Waals surface area contributed by atoms with Gasteiger partial charge in [-0.25, -0.2) is 4.98 Å². The molecule has 1 aromatic heterocycles. The van der Waals surface area contributed by atoms with E-state index in [1.165, 1.54) is 0 Å². The minimum Gasteiger partial charge on any atom is -0.350 e. The number of nitrogens with one attached hydrogen (secondary N) is 2. The summed E-state index contributed by atoms with van der Waals surface area (Å²) in [6.07, 6.45) is -4.55. The number of nitrogens with zero attached hydrogens (tertiary/aromatic N) is 2. The molecule has 0 bridgehead atoms. The van der Waals surface area contributed by atoms with Crippen molar-refractivity contribution < 1.29 is 13.2 Å². The largest absolute Gasteiger partial charge is 0.433 e. The Balaban J connectivity index is 2.48. The van der Waals surface area contributed by atoms with Crippen LogP contribution in [-0.4, -0.2) is 15.5 Å². The normalized spacial score (nSPS) is 12.2. The minimum absolute atomic E-state index is 0.0627. The van der Waals surface area contributed by atoms with Crippen LogP contribution in [-0.2, 0) is 6.18 Å². The second-order valence-electron chi connectivity index (χ2n) is 7.23. The van der Waals surface area contributed by atoms with Crippen molar-refractivity contribution in [3.05, 3.63) is 40.6 Å². The Morgan fingerprint density at radius 1 is 0.880 bits per heavy atom. The zero-order chi connectivity index (χ0) is 19.0. The Labute approximate surface area is 145 Å². The van der Waals surface area contributed by atoms with Gasteiger partial charge in [0.05, 0.1) is 0 Å². The van der Waals surface area contributed by atoms with Crippen LogP contribution in [0.3, 0.4) is 0 Å². The van der Waals surface area contributed by atoms with E-state index in [1.807, 2.05) is 53.7 Å². The number of rotatable bonds is 3. The lowest BCUT2D eigenvalue weighted by Crippen LogP contribution is -2.28. The number of halogens is 3. The maximum Gasteiger partial charge on any atom is 0.433 e. The fourth-order valence-electron chi connectivity index (χ4n) is 2.55. The maximum absolute atomic E-state index is 13.2. The number of aromatic nitrogens is 2. The van der Waals surface area contributed by atoms with Gasteiger partial charge in [-0.3, -0.25) is 0 Å². The van der Waals surface area contributed by atoms with Gasteiger partial charge in [-0.2, -0.15) is 18.2 Å². The molecule has 1 aromatic carbocycles. The van der Waals surface area contributed by atoms with E-state index >= 15 is 0 Å². The Morgan fingerprint density at radius 2 is 1.44 bits per heavy atom. The van der Waals surface area contributed by atoms with E-state index < -0.39 is 17.4 Å². The predicted octanol–water partition coefficient (Wildman–Crippen LogP) is 5.37. The van der Waals surface area contributed by atoms with Gasteiger partial charge in [0, 0.05) is 17.3 Å². The molecule has 0 aliphatic carbocycles. The third-order valence-electron chi connectivity index (χ3n) is 3.43. The standard InChI is InChI=1S/C18H23F3N4/c1-10-7-11(2)15(12(3)8-10)23-14-9-13(18(19,20)21)22-16(24-14)25-17(4,5)6/h7-9H,1-6H3,(H2,22,23,24,25). The highest BCUT2D eigenvalue weighted by Crippen LogP contribution is 2.32. The first kappa shape index (κ1) is 19.0. The molecule has 2 N–H and O–H groups in total. The molecule has 0 aliphatic rings. The molecule has 0 radical (unpaired) electrons. The van der Waals surface area contributed by atoms with Gasteiger partial charge in [-0.15, -0.1) is 0 Å². The molecule has 25 heavy (non-hydrogen) atoms. The first-order valence-corrected chi connectivity index (χ1v) is 7.94. The SMILES string of the molecule is Cc1cc(C)c(Nc2cc(C(F)(F)F)nc(NC(C)(C)C)n2)c(C)c1. The highest BCUT2D eigenvalue weighted by atomic mass is 19.4. The van der Waals surface area contributed by atoms with Crippen molar-refractivity contribution in [3.8, 4) is 0 Å². The van der Waals surface area contributed by atoms with Gasteiger partial charge in [-0.05, 0) is 52.7 Å². The highest BCUT2D eigenvalue weighted by Gasteiger charge is 2.34. The molecule has 0 saturated heterocycles. The number of benzene rings is 1. The number of hydrogen-bond acceptors (Lipinski definition) is 4. The van der Waals surface area contributed by atoms with Crippen LogP contribution in [0.1, 0.15) is 43.2 Å². The monoisotopic (exact) mass is 352 g/mol. The van der Waals surface area contributed by atoms with E-state index in [9.17, 15) is 13.2 Å². The molecule has 0 spiro atoms. The van der Waals surface area contributed by atoms with Crippen molar-refractivity contribution in [1.29, 1.82) is 0 Å². The van der Waals surface area contributed by atoms with E-state index in [0.717, 1.165) is 28.4 Å². The molecule has 0 amide bonds. The molecule has 0 aliphatic heterocycles. The van der Waals surface area contributed by atoms with E-state index in [-0.39, 0.29) is 11.8 Å². The molecule has 7 heteroatoms.